The van der Waals surface area contributed by atoms with Gasteiger partial charge in [0.05, 0.1) is 23.8 Å². The van der Waals surface area contributed by atoms with Crippen LogP contribution < -0.4 is 16.4 Å². The van der Waals surface area contributed by atoms with Crippen LogP contribution in [0.25, 0.3) is 5.69 Å². The Hall–Kier alpha value is -2.45. The van der Waals surface area contributed by atoms with Crippen molar-refractivity contribution in [3.63, 3.8) is 0 Å². The first kappa shape index (κ1) is 14.9. The Morgan fingerprint density at radius 1 is 1.33 bits per heavy atom. The summed E-state index contributed by atoms with van der Waals surface area (Å²) in [4.78, 5) is 26.7. The molecule has 1 heterocycles. The van der Waals surface area contributed by atoms with E-state index in [9.17, 15) is 9.59 Å². The smallest absolute Gasteiger partial charge is 0.243 e. The number of amides is 2. The van der Waals surface area contributed by atoms with Crippen LogP contribution in [-0.4, -0.2) is 39.7 Å². The van der Waals surface area contributed by atoms with Gasteiger partial charge in [0.1, 0.15) is 18.3 Å². The van der Waals surface area contributed by atoms with Crippen molar-refractivity contribution in [2.75, 3.05) is 18.4 Å². The molecule has 8 nitrogen and oxygen atoms in total. The van der Waals surface area contributed by atoms with Gasteiger partial charge < -0.3 is 16.4 Å². The lowest BCUT2D eigenvalue weighted by Crippen LogP contribution is -2.36. The van der Waals surface area contributed by atoms with Crippen LogP contribution >= 0.6 is 11.6 Å². The number of nitrogens with one attached hydrogen (secondary N) is 2. The van der Waals surface area contributed by atoms with Crippen LogP contribution in [0.2, 0.25) is 5.02 Å². The minimum atomic E-state index is -0.409. The maximum absolute atomic E-state index is 11.8. The standard InChI is InChI=1S/C12H13ClN6O2/c13-8-2-1-3-9(12(8)19-7-15-6-17-19)18-11(21)5-16-10(20)4-14/h1-3,6-7H,4-5,14H2,(H,16,20)(H,18,21). The van der Waals surface area contributed by atoms with Gasteiger partial charge in [-0.05, 0) is 12.1 Å². The highest BCUT2D eigenvalue weighted by atomic mass is 35.5. The molecule has 0 unspecified atom stereocenters. The number of hydrogen-bond acceptors (Lipinski definition) is 5. The average molecular weight is 309 g/mol. The van der Waals surface area contributed by atoms with E-state index in [2.05, 4.69) is 20.7 Å². The molecule has 0 saturated carbocycles. The molecule has 9 heteroatoms. The monoisotopic (exact) mass is 308 g/mol. The largest absolute Gasteiger partial charge is 0.346 e. The molecular formula is C12H13ClN6O2. The molecule has 2 aromatic rings. The zero-order valence-corrected chi connectivity index (χ0v) is 11.7. The maximum atomic E-state index is 11.8. The normalized spacial score (nSPS) is 10.2. The zero-order valence-electron chi connectivity index (χ0n) is 10.9. The Kier molecular flexibility index (Phi) is 4.85. The van der Waals surface area contributed by atoms with Gasteiger partial charge in [-0.1, -0.05) is 17.7 Å². The van der Waals surface area contributed by atoms with E-state index in [0.717, 1.165) is 0 Å². The first-order valence-corrected chi connectivity index (χ1v) is 6.39. The number of carbonyl (C=O) groups excluding carboxylic acids is 2. The van der Waals surface area contributed by atoms with Crippen molar-refractivity contribution in [2.45, 2.75) is 0 Å². The van der Waals surface area contributed by atoms with E-state index in [4.69, 9.17) is 17.3 Å². The molecule has 2 rings (SSSR count). The van der Waals surface area contributed by atoms with Crippen molar-refractivity contribution >= 4 is 29.1 Å². The number of benzene rings is 1. The third kappa shape index (κ3) is 3.77. The molecule has 0 aliphatic carbocycles. The fourth-order valence-corrected chi connectivity index (χ4v) is 1.88. The second-order valence-electron chi connectivity index (χ2n) is 4.01. The third-order valence-corrected chi connectivity index (χ3v) is 2.85. The number of nitrogens with two attached hydrogens (primary N) is 1. The van der Waals surface area contributed by atoms with E-state index in [0.29, 0.717) is 16.4 Å². The molecule has 21 heavy (non-hydrogen) atoms. The van der Waals surface area contributed by atoms with Crippen molar-refractivity contribution in [3.05, 3.63) is 35.9 Å². The van der Waals surface area contributed by atoms with Crippen LogP contribution in [0.15, 0.2) is 30.9 Å². The van der Waals surface area contributed by atoms with Crippen molar-refractivity contribution in [1.82, 2.24) is 20.1 Å². The lowest BCUT2D eigenvalue weighted by Gasteiger charge is -2.12. The van der Waals surface area contributed by atoms with Gasteiger partial charge in [0.15, 0.2) is 0 Å². The van der Waals surface area contributed by atoms with Gasteiger partial charge >= 0.3 is 0 Å². The molecule has 0 radical (unpaired) electrons. The number of rotatable bonds is 5. The number of hydrogen-bond donors (Lipinski definition) is 3. The first-order chi connectivity index (χ1) is 10.1. The maximum Gasteiger partial charge on any atom is 0.243 e. The Morgan fingerprint density at radius 2 is 2.14 bits per heavy atom. The fraction of sp³-hybridized carbons (Fsp3) is 0.167. The number of para-hydroxylation sites is 1. The summed E-state index contributed by atoms with van der Waals surface area (Å²) in [6, 6.07) is 5.03. The van der Waals surface area contributed by atoms with Crippen LogP contribution in [0.3, 0.4) is 0 Å². The highest BCUT2D eigenvalue weighted by Gasteiger charge is 2.13. The summed E-state index contributed by atoms with van der Waals surface area (Å²) in [6.07, 6.45) is 2.82. The van der Waals surface area contributed by atoms with E-state index in [1.54, 1.807) is 18.2 Å². The summed E-state index contributed by atoms with van der Waals surface area (Å²) >= 11 is 6.13. The molecule has 0 fully saturated rings. The number of nitrogens with zero attached hydrogens (tertiary/aromatic N) is 3. The van der Waals surface area contributed by atoms with E-state index in [1.165, 1.54) is 17.3 Å². The highest BCUT2D eigenvalue weighted by Crippen LogP contribution is 2.27. The average Bonchev–Trinajstić information content (AvgIpc) is 2.98. The predicted octanol–water partition coefficient (Wildman–Crippen LogP) is -0.0659. The fourth-order valence-electron chi connectivity index (χ4n) is 1.62. The van der Waals surface area contributed by atoms with Crippen LogP contribution in [0.5, 0.6) is 0 Å². The van der Waals surface area contributed by atoms with E-state index < -0.39 is 11.8 Å². The summed E-state index contributed by atoms with van der Waals surface area (Å²) in [5.41, 5.74) is 6.09. The Morgan fingerprint density at radius 3 is 2.81 bits per heavy atom. The molecule has 4 N–H and O–H groups in total. The molecule has 0 saturated heterocycles. The van der Waals surface area contributed by atoms with Crippen LogP contribution in [0.4, 0.5) is 5.69 Å². The Balaban J connectivity index is 2.15. The quantitative estimate of drug-likeness (QED) is 0.715. The van der Waals surface area contributed by atoms with Gasteiger partial charge in [-0.3, -0.25) is 9.59 Å². The van der Waals surface area contributed by atoms with Gasteiger partial charge in [-0.15, -0.1) is 0 Å². The summed E-state index contributed by atoms with van der Waals surface area (Å²) in [6.45, 7) is -0.353. The van der Waals surface area contributed by atoms with Gasteiger partial charge in [0.2, 0.25) is 11.8 Å². The second kappa shape index (κ2) is 6.82. The summed E-state index contributed by atoms with van der Waals surface area (Å²) < 4.78 is 1.44. The minimum absolute atomic E-state index is 0.172. The summed E-state index contributed by atoms with van der Waals surface area (Å²) in [5, 5.41) is 9.42. The molecular weight excluding hydrogens is 296 g/mol. The number of anilines is 1. The molecule has 0 atom stereocenters. The SMILES string of the molecule is NCC(=O)NCC(=O)Nc1cccc(Cl)c1-n1cncn1. The predicted molar refractivity (Wildman–Crippen MR) is 77.1 cm³/mol. The molecule has 0 spiro atoms. The van der Waals surface area contributed by atoms with Gasteiger partial charge in [-0.25, -0.2) is 9.67 Å². The number of carbonyl (C=O) groups is 2. The first-order valence-electron chi connectivity index (χ1n) is 6.02. The Bertz CT molecular complexity index is 643. The van der Waals surface area contributed by atoms with E-state index in [1.807, 2.05) is 0 Å². The molecule has 1 aromatic heterocycles. The molecule has 2 amide bonds. The lowest BCUT2D eigenvalue weighted by atomic mass is 10.2. The van der Waals surface area contributed by atoms with Gasteiger partial charge in [-0.2, -0.15) is 5.10 Å². The zero-order chi connectivity index (χ0) is 15.2. The molecule has 0 aliphatic rings. The molecule has 110 valence electrons. The van der Waals surface area contributed by atoms with E-state index in [-0.39, 0.29) is 13.1 Å². The number of aromatic nitrogens is 3. The molecule has 0 aliphatic heterocycles. The second-order valence-corrected chi connectivity index (χ2v) is 4.41. The third-order valence-electron chi connectivity index (χ3n) is 2.54. The van der Waals surface area contributed by atoms with Crippen LogP contribution in [0.1, 0.15) is 0 Å². The summed E-state index contributed by atoms with van der Waals surface area (Å²) in [7, 11) is 0. The number of halogens is 1. The Labute approximate surface area is 125 Å². The van der Waals surface area contributed by atoms with Crippen molar-refractivity contribution < 1.29 is 9.59 Å². The molecule has 1 aromatic carbocycles. The van der Waals surface area contributed by atoms with Crippen LogP contribution in [-0.2, 0) is 9.59 Å². The summed E-state index contributed by atoms with van der Waals surface area (Å²) in [5.74, 6) is -0.812. The van der Waals surface area contributed by atoms with Crippen LogP contribution in [0, 0.1) is 0 Å². The van der Waals surface area contributed by atoms with Crippen molar-refractivity contribution in [3.8, 4) is 5.69 Å². The van der Waals surface area contributed by atoms with Gasteiger partial charge in [0, 0.05) is 0 Å². The molecule has 0 bridgehead atoms. The highest BCUT2D eigenvalue weighted by molar-refractivity contribution is 6.33. The minimum Gasteiger partial charge on any atom is -0.346 e. The van der Waals surface area contributed by atoms with Crippen molar-refractivity contribution in [2.24, 2.45) is 5.73 Å². The topological polar surface area (TPSA) is 115 Å². The van der Waals surface area contributed by atoms with Gasteiger partial charge in [0.25, 0.3) is 0 Å². The van der Waals surface area contributed by atoms with Crippen molar-refractivity contribution in [1.29, 1.82) is 0 Å². The lowest BCUT2D eigenvalue weighted by molar-refractivity contribution is -0.123. The van der Waals surface area contributed by atoms with E-state index >= 15 is 0 Å².